The average molecular weight is 482 g/mol. The van der Waals surface area contributed by atoms with Gasteiger partial charge >= 0.3 is 5.69 Å². The Morgan fingerprint density at radius 3 is 2.69 bits per heavy atom. The summed E-state index contributed by atoms with van der Waals surface area (Å²) in [6, 6.07) is 4.84. The molecule has 1 saturated heterocycles. The van der Waals surface area contributed by atoms with E-state index in [0.717, 1.165) is 25.9 Å². The van der Waals surface area contributed by atoms with E-state index in [1.54, 1.807) is 29.8 Å². The third-order valence-electron chi connectivity index (χ3n) is 5.77. The van der Waals surface area contributed by atoms with E-state index in [-0.39, 0.29) is 24.3 Å². The number of aliphatic hydroxyl groups excluding tert-OH is 1. The highest BCUT2D eigenvalue weighted by atomic mass is 35.5. The lowest BCUT2D eigenvalue weighted by molar-refractivity contribution is 0.0936. The van der Waals surface area contributed by atoms with Crippen LogP contribution in [0.1, 0.15) is 19.8 Å². The third kappa shape index (κ3) is 4.51. The van der Waals surface area contributed by atoms with Crippen LogP contribution in [0.4, 0.5) is 5.95 Å². The van der Waals surface area contributed by atoms with Crippen LogP contribution in [0.3, 0.4) is 0 Å². The van der Waals surface area contributed by atoms with Gasteiger partial charge in [0, 0.05) is 25.2 Å². The largest absolute Gasteiger partial charge is 0.489 e. The van der Waals surface area contributed by atoms with Gasteiger partial charge < -0.3 is 19.3 Å². The molecule has 0 unspecified atom stereocenters. The summed E-state index contributed by atoms with van der Waals surface area (Å²) in [6.45, 7) is 3.77. The molecular formula is C21H25Cl2N5O4. The first-order chi connectivity index (χ1) is 15.2. The minimum atomic E-state index is -0.960. The number of anilines is 1. The van der Waals surface area contributed by atoms with Crippen LogP contribution in [0.5, 0.6) is 5.75 Å². The van der Waals surface area contributed by atoms with Gasteiger partial charge in [-0.05, 0) is 37.0 Å². The Kier molecular flexibility index (Phi) is 6.50. The number of piperidine rings is 1. The number of aryl methyl sites for hydroxylation is 1. The molecule has 1 atom stereocenters. The van der Waals surface area contributed by atoms with Crippen molar-refractivity contribution in [3.63, 3.8) is 0 Å². The van der Waals surface area contributed by atoms with E-state index < -0.39 is 17.4 Å². The predicted molar refractivity (Wildman–Crippen MR) is 124 cm³/mol. The van der Waals surface area contributed by atoms with Crippen molar-refractivity contribution >= 4 is 40.3 Å². The molecule has 0 spiro atoms. The quantitative estimate of drug-likeness (QED) is 0.559. The zero-order valence-electron chi connectivity index (χ0n) is 17.8. The molecule has 172 valence electrons. The van der Waals surface area contributed by atoms with Crippen molar-refractivity contribution in [1.82, 2.24) is 19.1 Å². The molecule has 11 heteroatoms. The lowest BCUT2D eigenvalue weighted by atomic mass is 10.00. The van der Waals surface area contributed by atoms with Crippen LogP contribution in [0.15, 0.2) is 27.8 Å². The molecule has 1 aliphatic heterocycles. The molecule has 1 aromatic carbocycles. The second-order valence-corrected chi connectivity index (χ2v) is 9.07. The van der Waals surface area contributed by atoms with Gasteiger partial charge in [0.2, 0.25) is 5.95 Å². The fourth-order valence-electron chi connectivity index (χ4n) is 3.89. The summed E-state index contributed by atoms with van der Waals surface area (Å²) in [4.78, 5) is 33.8. The van der Waals surface area contributed by atoms with Crippen molar-refractivity contribution < 1.29 is 9.84 Å². The van der Waals surface area contributed by atoms with Gasteiger partial charge in [0.05, 0.1) is 11.6 Å². The molecule has 0 radical (unpaired) electrons. The van der Waals surface area contributed by atoms with Crippen molar-refractivity contribution in [2.24, 2.45) is 13.0 Å². The molecule has 4 rings (SSSR count). The summed E-state index contributed by atoms with van der Waals surface area (Å²) < 4.78 is 8.63. The number of rotatable bonds is 6. The maximum Gasteiger partial charge on any atom is 0.329 e. The van der Waals surface area contributed by atoms with E-state index in [4.69, 9.17) is 27.9 Å². The van der Waals surface area contributed by atoms with Crippen molar-refractivity contribution in [3.8, 4) is 5.75 Å². The average Bonchev–Trinajstić information content (AvgIpc) is 3.12. The van der Waals surface area contributed by atoms with E-state index in [9.17, 15) is 14.7 Å². The molecule has 9 nitrogen and oxygen atoms in total. The lowest BCUT2D eigenvalue weighted by Crippen LogP contribution is -2.36. The maximum absolute atomic E-state index is 12.7. The summed E-state index contributed by atoms with van der Waals surface area (Å²) in [5.41, 5.74) is -0.557. The summed E-state index contributed by atoms with van der Waals surface area (Å²) in [5, 5.41) is 11.5. The molecule has 2 N–H and O–H groups in total. The molecule has 3 aromatic rings. The van der Waals surface area contributed by atoms with Crippen LogP contribution in [-0.4, -0.2) is 50.0 Å². The van der Waals surface area contributed by atoms with Crippen LogP contribution in [0.2, 0.25) is 10.0 Å². The predicted octanol–water partition coefficient (Wildman–Crippen LogP) is 2.41. The number of aromatic amines is 1. The van der Waals surface area contributed by atoms with Gasteiger partial charge in [-0.3, -0.25) is 14.3 Å². The first-order valence-electron chi connectivity index (χ1n) is 10.4. The van der Waals surface area contributed by atoms with E-state index >= 15 is 0 Å². The molecule has 0 saturated carbocycles. The fourth-order valence-corrected chi connectivity index (χ4v) is 4.35. The van der Waals surface area contributed by atoms with Gasteiger partial charge in [-0.15, -0.1) is 0 Å². The Balaban J connectivity index is 1.65. The van der Waals surface area contributed by atoms with Gasteiger partial charge in [0.15, 0.2) is 11.2 Å². The number of hydrogen-bond donors (Lipinski definition) is 2. The van der Waals surface area contributed by atoms with Gasteiger partial charge in [0.1, 0.15) is 18.5 Å². The molecule has 1 aliphatic rings. The van der Waals surface area contributed by atoms with E-state index in [2.05, 4.69) is 21.8 Å². The molecule has 2 aromatic heterocycles. The SMILES string of the molecule is CC1CCN(c2nc3c(c(=O)[nH]c(=O)n3C)n2C[C@@H](O)COc2ccc(Cl)cc2Cl)CC1. The monoisotopic (exact) mass is 481 g/mol. The van der Waals surface area contributed by atoms with E-state index in [1.165, 1.54) is 4.57 Å². The molecule has 1 fully saturated rings. The number of hydrogen-bond acceptors (Lipinski definition) is 6. The Hall–Kier alpha value is -2.49. The minimum absolute atomic E-state index is 0.0544. The lowest BCUT2D eigenvalue weighted by Gasteiger charge is -2.31. The minimum Gasteiger partial charge on any atom is -0.489 e. The topological polar surface area (TPSA) is 105 Å². The summed E-state index contributed by atoms with van der Waals surface area (Å²) >= 11 is 12.0. The smallest absolute Gasteiger partial charge is 0.329 e. The number of aliphatic hydroxyl groups is 1. The van der Waals surface area contributed by atoms with Crippen LogP contribution >= 0.6 is 23.2 Å². The summed E-state index contributed by atoms with van der Waals surface area (Å²) in [5.74, 6) is 1.57. The van der Waals surface area contributed by atoms with Gasteiger partial charge in [-0.25, -0.2) is 4.79 Å². The molecule has 32 heavy (non-hydrogen) atoms. The highest BCUT2D eigenvalue weighted by Gasteiger charge is 2.26. The maximum atomic E-state index is 12.7. The second kappa shape index (κ2) is 9.17. The molecule has 0 amide bonds. The van der Waals surface area contributed by atoms with Crippen LogP contribution in [0.25, 0.3) is 11.2 Å². The second-order valence-electron chi connectivity index (χ2n) is 8.22. The van der Waals surface area contributed by atoms with Gasteiger partial charge in [0.25, 0.3) is 5.56 Å². The zero-order chi connectivity index (χ0) is 23.0. The zero-order valence-corrected chi connectivity index (χ0v) is 19.4. The van der Waals surface area contributed by atoms with Crippen molar-refractivity contribution in [1.29, 1.82) is 0 Å². The summed E-state index contributed by atoms with van der Waals surface area (Å²) in [7, 11) is 1.56. The highest BCUT2D eigenvalue weighted by Crippen LogP contribution is 2.28. The van der Waals surface area contributed by atoms with Gasteiger partial charge in [-0.1, -0.05) is 30.1 Å². The Bertz CT molecular complexity index is 1240. The first-order valence-corrected chi connectivity index (χ1v) is 11.2. The number of imidazole rings is 1. The first kappa shape index (κ1) is 22.7. The van der Waals surface area contributed by atoms with Gasteiger partial charge in [-0.2, -0.15) is 4.98 Å². The Morgan fingerprint density at radius 1 is 1.28 bits per heavy atom. The van der Waals surface area contributed by atoms with E-state index in [0.29, 0.717) is 27.7 Å². The normalized spacial score (nSPS) is 16.0. The number of fused-ring (bicyclic) bond motifs is 1. The number of aromatic nitrogens is 4. The fraction of sp³-hybridized carbons (Fsp3) is 0.476. The molecule has 0 bridgehead atoms. The van der Waals surface area contributed by atoms with Crippen molar-refractivity contribution in [3.05, 3.63) is 49.1 Å². The number of benzene rings is 1. The van der Waals surface area contributed by atoms with Crippen LogP contribution in [-0.2, 0) is 13.6 Å². The standard InChI is InChI=1S/C21H25Cl2N5O4/c1-12-5-7-27(8-6-12)20-24-18-17(19(30)25-21(31)26(18)2)28(20)10-14(29)11-32-16-4-3-13(22)9-15(16)23/h3-4,9,12,14,29H,5-8,10-11H2,1-2H3,(H,25,30,31)/t14-/m1/s1. The Morgan fingerprint density at radius 2 is 2.00 bits per heavy atom. The molecule has 3 heterocycles. The molecule has 0 aliphatic carbocycles. The summed E-state index contributed by atoms with van der Waals surface area (Å²) in [6.07, 6.45) is 1.04. The Labute approximate surface area is 194 Å². The number of nitrogens with one attached hydrogen (secondary N) is 1. The molecular weight excluding hydrogens is 457 g/mol. The van der Waals surface area contributed by atoms with Crippen LogP contribution in [0, 0.1) is 5.92 Å². The van der Waals surface area contributed by atoms with Crippen molar-refractivity contribution in [2.75, 3.05) is 24.6 Å². The number of nitrogens with zero attached hydrogens (tertiary/aromatic N) is 4. The number of H-pyrrole nitrogens is 1. The van der Waals surface area contributed by atoms with Crippen molar-refractivity contribution in [2.45, 2.75) is 32.4 Å². The third-order valence-corrected chi connectivity index (χ3v) is 6.30. The highest BCUT2D eigenvalue weighted by molar-refractivity contribution is 6.35. The number of ether oxygens (including phenoxy) is 1. The number of halogens is 2. The van der Waals surface area contributed by atoms with E-state index in [1.807, 2.05) is 0 Å². The van der Waals surface area contributed by atoms with Crippen LogP contribution < -0.4 is 20.9 Å².